The van der Waals surface area contributed by atoms with E-state index in [1.165, 1.54) is 61.1 Å². The first-order valence-electron chi connectivity index (χ1n) is 12.9. The largest absolute Gasteiger partial charge is 0.453 e. The fourth-order valence-electron chi connectivity index (χ4n) is 4.61. The van der Waals surface area contributed by atoms with Gasteiger partial charge in [0.2, 0.25) is 0 Å². The normalized spacial score (nSPS) is 16.0. The molecule has 2 atom stereocenters. The highest BCUT2D eigenvalue weighted by molar-refractivity contribution is 6.02. The maximum absolute atomic E-state index is 15.1. The van der Waals surface area contributed by atoms with Gasteiger partial charge in [0.1, 0.15) is 23.1 Å². The zero-order chi connectivity index (χ0) is 29.2. The van der Waals surface area contributed by atoms with Crippen LogP contribution in [0.1, 0.15) is 16.9 Å². The number of alkyl halides is 1. The van der Waals surface area contributed by atoms with Crippen molar-refractivity contribution in [3.8, 4) is 17.2 Å². The maximum Gasteiger partial charge on any atom is 0.286 e. The monoisotopic (exact) mass is 648 g/mol. The summed E-state index contributed by atoms with van der Waals surface area (Å²) in [6.45, 7) is 0.876. The molecule has 1 saturated heterocycles. The van der Waals surface area contributed by atoms with Gasteiger partial charge in [0, 0.05) is 48.6 Å². The Morgan fingerprint density at radius 2 is 1.82 bits per heavy atom. The minimum atomic E-state index is -1.12. The quantitative estimate of drug-likeness (QED) is 0.198. The number of aromatic nitrogens is 5. The number of benzene rings is 2. The molecule has 4 N–H and O–H groups in total. The third-order valence-electron chi connectivity index (χ3n) is 6.72. The lowest BCUT2D eigenvalue weighted by molar-refractivity contribution is 0.102. The molecule has 230 valence electrons. The van der Waals surface area contributed by atoms with E-state index < -0.39 is 41.0 Å². The summed E-state index contributed by atoms with van der Waals surface area (Å²) < 4.78 is 49.8. The molecule has 0 bridgehead atoms. The molecule has 11 nitrogen and oxygen atoms in total. The van der Waals surface area contributed by atoms with Crippen LogP contribution < -0.4 is 26.2 Å². The molecule has 0 spiro atoms. The molecular formula is C28H25Cl2F3N8O3. The van der Waals surface area contributed by atoms with E-state index >= 15 is 4.39 Å². The third-order valence-corrected chi connectivity index (χ3v) is 6.72. The summed E-state index contributed by atoms with van der Waals surface area (Å²) >= 11 is 0. The number of piperidine rings is 1. The van der Waals surface area contributed by atoms with Crippen LogP contribution in [-0.2, 0) is 0 Å². The Balaban J connectivity index is 0.00000221. The number of rotatable bonds is 7. The fourth-order valence-corrected chi connectivity index (χ4v) is 4.61. The van der Waals surface area contributed by atoms with Crippen molar-refractivity contribution in [2.75, 3.05) is 23.7 Å². The van der Waals surface area contributed by atoms with Gasteiger partial charge in [-0.1, -0.05) is 0 Å². The van der Waals surface area contributed by atoms with Gasteiger partial charge in [-0.2, -0.15) is 5.10 Å². The second-order valence-corrected chi connectivity index (χ2v) is 9.49. The number of anilines is 2. The number of carbonyl (C=O) groups excluding carboxylic acids is 1. The van der Waals surface area contributed by atoms with Crippen molar-refractivity contribution in [1.29, 1.82) is 0 Å². The Kier molecular flexibility index (Phi) is 10.1. The highest BCUT2D eigenvalue weighted by Crippen LogP contribution is 2.35. The first kappa shape index (κ1) is 32.3. The molecular weight excluding hydrogens is 624 g/mol. The molecule has 44 heavy (non-hydrogen) atoms. The molecule has 2 aromatic carbocycles. The summed E-state index contributed by atoms with van der Waals surface area (Å²) in [6.07, 6.45) is 3.48. The van der Waals surface area contributed by atoms with Crippen molar-refractivity contribution >= 4 is 53.3 Å². The molecule has 1 fully saturated rings. The lowest BCUT2D eigenvalue weighted by Gasteiger charge is -2.27. The van der Waals surface area contributed by atoms with Crippen molar-refractivity contribution < 1.29 is 22.7 Å². The number of pyridine rings is 1. The fraction of sp³-hybridized carbons (Fsp3) is 0.179. The summed E-state index contributed by atoms with van der Waals surface area (Å²) in [6, 6.07) is 9.94. The zero-order valence-corrected chi connectivity index (χ0v) is 24.2. The summed E-state index contributed by atoms with van der Waals surface area (Å²) in [4.78, 5) is 33.8. The molecule has 0 aliphatic carbocycles. The lowest BCUT2D eigenvalue weighted by atomic mass is 10.0. The van der Waals surface area contributed by atoms with E-state index in [-0.39, 0.29) is 48.5 Å². The first-order chi connectivity index (χ1) is 20.4. The van der Waals surface area contributed by atoms with Crippen LogP contribution in [0.2, 0.25) is 0 Å². The van der Waals surface area contributed by atoms with Gasteiger partial charge < -0.3 is 20.7 Å². The summed E-state index contributed by atoms with van der Waals surface area (Å²) in [5.74, 6) is -1.74. The lowest BCUT2D eigenvalue weighted by Crippen LogP contribution is -2.45. The number of fused-ring (bicyclic) bond motifs is 1. The molecule has 6 rings (SSSR count). The van der Waals surface area contributed by atoms with Crippen molar-refractivity contribution in [3.05, 3.63) is 94.8 Å². The third kappa shape index (κ3) is 6.61. The number of carbonyl (C=O) groups is 1. The van der Waals surface area contributed by atoms with E-state index in [0.29, 0.717) is 35.5 Å². The number of aromatic amines is 1. The van der Waals surface area contributed by atoms with Gasteiger partial charge >= 0.3 is 0 Å². The first-order valence-corrected chi connectivity index (χ1v) is 12.9. The number of H-pyrrole nitrogens is 1. The SMILES string of the molecule is Cl.Cl.O=C(Nc1ccc(Oc2ccnc3[nH]nc(NC4CCNC[C@@H]4F)c23)c(F)c1)c1nccn(-c2ccc(F)cc2)c1=O. The van der Waals surface area contributed by atoms with E-state index in [0.717, 1.165) is 10.6 Å². The van der Waals surface area contributed by atoms with Crippen LogP contribution in [0.5, 0.6) is 11.5 Å². The standard InChI is InChI=1S/C28H23F3N8O3.2ClH/c29-15-1-4-17(5-2-15)39-12-11-33-24(28(39)41)27(40)35-16-3-6-21(18(30)13-16)42-22-8-10-34-25-23(22)26(38-37-25)36-20-7-9-32-14-19(20)31;;/h1-6,8,10-13,19-20,32H,7,9,14H2,(H,35,40)(H2,34,36,37,38);2*1H/t19-,20?;;/m0../s1. The average Bonchev–Trinajstić information content (AvgIpc) is 3.40. The highest BCUT2D eigenvalue weighted by Gasteiger charge is 2.26. The number of halogens is 5. The number of ether oxygens (including phenoxy) is 1. The van der Waals surface area contributed by atoms with E-state index in [2.05, 4.69) is 36.1 Å². The Labute approximate surface area is 260 Å². The van der Waals surface area contributed by atoms with Crippen molar-refractivity contribution in [2.45, 2.75) is 18.6 Å². The Hall–Kier alpha value is -4.66. The van der Waals surface area contributed by atoms with E-state index in [9.17, 15) is 18.4 Å². The molecule has 1 aliphatic rings. The molecule has 5 aromatic rings. The molecule has 0 radical (unpaired) electrons. The number of hydrogen-bond acceptors (Lipinski definition) is 8. The second-order valence-electron chi connectivity index (χ2n) is 9.49. The van der Waals surface area contributed by atoms with E-state index in [1.807, 2.05) is 0 Å². The van der Waals surface area contributed by atoms with Gasteiger partial charge in [-0.15, -0.1) is 24.8 Å². The van der Waals surface area contributed by atoms with Gasteiger partial charge in [-0.25, -0.2) is 23.1 Å². The van der Waals surface area contributed by atoms with Crippen molar-refractivity contribution in [2.24, 2.45) is 0 Å². The van der Waals surface area contributed by atoms with Crippen molar-refractivity contribution in [1.82, 2.24) is 30.0 Å². The average molecular weight is 649 g/mol. The van der Waals surface area contributed by atoms with Gasteiger partial charge in [0.05, 0.1) is 6.04 Å². The zero-order valence-electron chi connectivity index (χ0n) is 22.6. The Bertz CT molecular complexity index is 1840. The molecule has 1 amide bonds. The number of amides is 1. The second kappa shape index (κ2) is 13.8. The predicted octanol–water partition coefficient (Wildman–Crippen LogP) is 4.78. The molecule has 1 unspecified atom stereocenters. The van der Waals surface area contributed by atoms with Gasteiger partial charge in [-0.3, -0.25) is 19.3 Å². The number of nitrogens with zero attached hydrogens (tertiary/aromatic N) is 4. The maximum atomic E-state index is 15.1. The van der Waals surface area contributed by atoms with Gasteiger partial charge in [0.25, 0.3) is 11.5 Å². The molecule has 0 saturated carbocycles. The minimum Gasteiger partial charge on any atom is -0.453 e. The highest BCUT2D eigenvalue weighted by atomic mass is 35.5. The van der Waals surface area contributed by atoms with Crippen LogP contribution in [0.25, 0.3) is 16.7 Å². The predicted molar refractivity (Wildman–Crippen MR) is 162 cm³/mol. The van der Waals surface area contributed by atoms with Gasteiger partial charge in [-0.05, 0) is 49.4 Å². The molecule has 4 heterocycles. The smallest absolute Gasteiger partial charge is 0.286 e. The summed E-state index contributed by atoms with van der Waals surface area (Å²) in [5, 5.41) is 15.9. The minimum absolute atomic E-state index is 0. The van der Waals surface area contributed by atoms with Crippen LogP contribution in [0.4, 0.5) is 24.7 Å². The topological polar surface area (TPSA) is 139 Å². The molecule has 1 aliphatic heterocycles. The summed E-state index contributed by atoms with van der Waals surface area (Å²) in [7, 11) is 0. The van der Waals surface area contributed by atoms with Crippen molar-refractivity contribution in [3.63, 3.8) is 0 Å². The van der Waals surface area contributed by atoms with Crippen LogP contribution in [0.15, 0.2) is 71.9 Å². The molecule has 3 aromatic heterocycles. The van der Waals surface area contributed by atoms with Crippen LogP contribution in [-0.4, -0.2) is 55.9 Å². The Morgan fingerprint density at radius 3 is 2.57 bits per heavy atom. The molecule has 16 heteroatoms. The Morgan fingerprint density at radius 1 is 1.02 bits per heavy atom. The van der Waals surface area contributed by atoms with Crippen LogP contribution >= 0.6 is 24.8 Å². The number of hydrogen-bond donors (Lipinski definition) is 4. The van der Waals surface area contributed by atoms with Crippen LogP contribution in [0.3, 0.4) is 0 Å². The van der Waals surface area contributed by atoms with Gasteiger partial charge in [0.15, 0.2) is 28.7 Å². The van der Waals surface area contributed by atoms with Crippen LogP contribution in [0, 0.1) is 11.6 Å². The summed E-state index contributed by atoms with van der Waals surface area (Å²) in [5.41, 5.74) is -0.423. The number of nitrogens with one attached hydrogen (secondary N) is 4. The van der Waals surface area contributed by atoms with E-state index in [4.69, 9.17) is 4.74 Å². The van der Waals surface area contributed by atoms with E-state index in [1.54, 1.807) is 0 Å².